The third kappa shape index (κ3) is 11.2. The van der Waals surface area contributed by atoms with Crippen molar-refractivity contribution in [2.75, 3.05) is 6.54 Å². The summed E-state index contributed by atoms with van der Waals surface area (Å²) in [6.45, 7) is 14.7. The molecule has 0 bridgehead atoms. The molecule has 0 N–H and O–H groups in total. The van der Waals surface area contributed by atoms with Crippen LogP contribution in [0.2, 0.25) is 0 Å². The van der Waals surface area contributed by atoms with Gasteiger partial charge in [-0.25, -0.2) is 0 Å². The van der Waals surface area contributed by atoms with E-state index >= 15 is 0 Å². The molecule has 0 aliphatic rings. The lowest BCUT2D eigenvalue weighted by Crippen LogP contribution is -1.82. The number of allylic oxidation sites excluding steroid dienone is 10. The average molecular weight is 269 g/mol. The molecule has 0 amide bonds. The highest BCUT2D eigenvalue weighted by Gasteiger charge is 1.82. The first kappa shape index (κ1) is 18.1. The number of nitrogens with zero attached hydrogens (tertiary/aromatic N) is 1. The van der Waals surface area contributed by atoms with Gasteiger partial charge in [0.1, 0.15) is 0 Å². The van der Waals surface area contributed by atoms with Crippen LogP contribution in [-0.4, -0.2) is 12.8 Å². The predicted molar refractivity (Wildman–Crippen MR) is 93.4 cm³/mol. The molecule has 1 heteroatoms. The van der Waals surface area contributed by atoms with Gasteiger partial charge in [-0.15, -0.1) is 0 Å². The van der Waals surface area contributed by atoms with Crippen LogP contribution in [0.4, 0.5) is 0 Å². The normalized spacial score (nSPS) is 13.8. The summed E-state index contributed by atoms with van der Waals surface area (Å²) in [5, 5.41) is 0. The highest BCUT2D eigenvalue weighted by atomic mass is 14.7. The van der Waals surface area contributed by atoms with Gasteiger partial charge in [0.2, 0.25) is 0 Å². The summed E-state index contributed by atoms with van der Waals surface area (Å²) in [7, 11) is 0. The van der Waals surface area contributed by atoms with Crippen LogP contribution in [-0.2, 0) is 0 Å². The van der Waals surface area contributed by atoms with Crippen molar-refractivity contribution in [3.8, 4) is 0 Å². The van der Waals surface area contributed by atoms with Gasteiger partial charge in [0.25, 0.3) is 0 Å². The lowest BCUT2D eigenvalue weighted by molar-refractivity contribution is 0.810. The summed E-state index contributed by atoms with van der Waals surface area (Å²) in [4.78, 5) is 4.37. The highest BCUT2D eigenvalue weighted by molar-refractivity contribution is 5.78. The van der Waals surface area contributed by atoms with E-state index in [9.17, 15) is 0 Å². The zero-order valence-corrected chi connectivity index (χ0v) is 13.1. The second-order valence-electron chi connectivity index (χ2n) is 4.71. The van der Waals surface area contributed by atoms with Crippen LogP contribution in [0.5, 0.6) is 0 Å². The van der Waals surface area contributed by atoms with Crippen molar-refractivity contribution in [2.45, 2.75) is 33.6 Å². The molecule has 0 unspecified atom stereocenters. The number of hydrogen-bond acceptors (Lipinski definition) is 1. The Hall–Kier alpha value is -1.89. The van der Waals surface area contributed by atoms with Gasteiger partial charge in [-0.1, -0.05) is 74.6 Å². The fraction of sp³-hybridized carbons (Fsp3) is 0.316. The van der Waals surface area contributed by atoms with Gasteiger partial charge in [-0.3, -0.25) is 4.99 Å². The first-order valence-electron chi connectivity index (χ1n) is 7.11. The van der Waals surface area contributed by atoms with Crippen LogP contribution in [0, 0.1) is 0 Å². The molecule has 108 valence electrons. The van der Waals surface area contributed by atoms with E-state index < -0.39 is 0 Å². The van der Waals surface area contributed by atoms with Crippen molar-refractivity contribution in [3.63, 3.8) is 0 Å². The molecule has 0 atom stereocenters. The van der Waals surface area contributed by atoms with Crippen LogP contribution in [0.15, 0.2) is 77.4 Å². The minimum absolute atomic E-state index is 0.914. The van der Waals surface area contributed by atoms with Gasteiger partial charge in [0.05, 0.1) is 0 Å². The second-order valence-corrected chi connectivity index (χ2v) is 4.71. The molecule has 0 aliphatic carbocycles. The molecule has 0 saturated heterocycles. The maximum Gasteiger partial charge on any atom is 0.0389 e. The molecular weight excluding hydrogens is 242 g/mol. The summed E-state index contributed by atoms with van der Waals surface area (Å²) in [5.41, 5.74) is 3.27. The topological polar surface area (TPSA) is 12.4 Å². The van der Waals surface area contributed by atoms with Crippen LogP contribution < -0.4 is 0 Å². The van der Waals surface area contributed by atoms with E-state index in [1.54, 1.807) is 6.08 Å². The Labute approximate surface area is 124 Å². The second kappa shape index (κ2) is 12.2. The number of rotatable bonds is 9. The molecule has 1 nitrogen and oxygen atoms in total. The van der Waals surface area contributed by atoms with Gasteiger partial charge in [0, 0.05) is 12.8 Å². The maximum atomic E-state index is 4.37. The third-order valence-corrected chi connectivity index (χ3v) is 2.59. The van der Waals surface area contributed by atoms with E-state index in [-0.39, 0.29) is 0 Å². The van der Waals surface area contributed by atoms with Gasteiger partial charge in [0.15, 0.2) is 0 Å². The Kier molecular flexibility index (Phi) is 11.0. The van der Waals surface area contributed by atoms with Gasteiger partial charge in [-0.05, 0) is 31.4 Å². The van der Waals surface area contributed by atoms with E-state index in [2.05, 4.69) is 51.1 Å². The Balaban J connectivity index is 4.30. The zero-order valence-electron chi connectivity index (χ0n) is 13.1. The minimum atomic E-state index is 0.914. The van der Waals surface area contributed by atoms with Gasteiger partial charge >= 0.3 is 0 Å². The van der Waals surface area contributed by atoms with Crippen LogP contribution in [0.3, 0.4) is 0 Å². The molecule has 20 heavy (non-hydrogen) atoms. The Bertz CT molecular complexity index is 442. The quantitative estimate of drug-likeness (QED) is 0.293. The molecular formula is C19H27N. The molecule has 0 aromatic carbocycles. The predicted octanol–water partition coefficient (Wildman–Crippen LogP) is 5.60. The first-order valence-corrected chi connectivity index (χ1v) is 7.11. The van der Waals surface area contributed by atoms with Crippen LogP contribution >= 0.6 is 0 Å². The number of unbranched alkanes of at least 4 members (excludes halogenated alkanes) is 1. The van der Waals surface area contributed by atoms with E-state index in [0.717, 1.165) is 18.5 Å². The third-order valence-electron chi connectivity index (χ3n) is 2.59. The van der Waals surface area contributed by atoms with E-state index in [0.29, 0.717) is 0 Å². The van der Waals surface area contributed by atoms with Crippen molar-refractivity contribution in [1.29, 1.82) is 0 Å². The SMILES string of the molecule is C=CC(=C)/C=C/C=C(C)/C=C/C=C(\C)C=NCCCC. The Morgan fingerprint density at radius 3 is 2.35 bits per heavy atom. The first-order chi connectivity index (χ1) is 9.60. The molecule has 0 fully saturated rings. The molecule has 0 spiro atoms. The van der Waals surface area contributed by atoms with Gasteiger partial charge < -0.3 is 0 Å². The average Bonchev–Trinajstić information content (AvgIpc) is 2.43. The molecule has 0 aromatic rings. The Morgan fingerprint density at radius 2 is 1.70 bits per heavy atom. The number of aliphatic imine (C=N–C) groups is 1. The van der Waals surface area contributed by atoms with E-state index in [1.807, 2.05) is 30.5 Å². The molecule has 0 heterocycles. The maximum absolute atomic E-state index is 4.37. The fourth-order valence-corrected chi connectivity index (χ4v) is 1.30. The lowest BCUT2D eigenvalue weighted by atomic mass is 10.2. The number of hydrogen-bond donors (Lipinski definition) is 0. The van der Waals surface area contributed by atoms with Crippen LogP contribution in [0.25, 0.3) is 0 Å². The molecule has 0 aromatic heterocycles. The summed E-state index contributed by atoms with van der Waals surface area (Å²) < 4.78 is 0. The van der Waals surface area contributed by atoms with Crippen LogP contribution in [0.1, 0.15) is 33.6 Å². The highest BCUT2D eigenvalue weighted by Crippen LogP contribution is 2.00. The zero-order chi connectivity index (χ0) is 15.2. The van der Waals surface area contributed by atoms with Crippen molar-refractivity contribution in [3.05, 3.63) is 72.4 Å². The van der Waals surface area contributed by atoms with E-state index in [4.69, 9.17) is 0 Å². The Morgan fingerprint density at radius 1 is 1.05 bits per heavy atom. The van der Waals surface area contributed by atoms with Crippen molar-refractivity contribution < 1.29 is 0 Å². The molecule has 0 saturated carbocycles. The standard InChI is InChI=1S/C19H27N/c1-6-8-15-20-16-19(5)14-10-13-18(4)12-9-11-17(3)7-2/h7,9-14,16H,2-3,6,8,15H2,1,4-5H3/b11-9+,13-10+,18-12+,19-14+,20-16?. The van der Waals surface area contributed by atoms with Gasteiger partial charge in [-0.2, -0.15) is 0 Å². The van der Waals surface area contributed by atoms with Crippen molar-refractivity contribution in [2.24, 2.45) is 4.99 Å². The monoisotopic (exact) mass is 269 g/mol. The summed E-state index contributed by atoms with van der Waals surface area (Å²) >= 11 is 0. The lowest BCUT2D eigenvalue weighted by Gasteiger charge is -1.91. The molecule has 0 rings (SSSR count). The minimum Gasteiger partial charge on any atom is -0.293 e. The van der Waals surface area contributed by atoms with Crippen molar-refractivity contribution >= 4 is 6.21 Å². The summed E-state index contributed by atoms with van der Waals surface area (Å²) in [5.74, 6) is 0. The molecule has 0 aliphatic heterocycles. The summed E-state index contributed by atoms with van der Waals surface area (Å²) in [6, 6.07) is 0. The fourth-order valence-electron chi connectivity index (χ4n) is 1.30. The molecule has 0 radical (unpaired) electrons. The largest absolute Gasteiger partial charge is 0.293 e. The van der Waals surface area contributed by atoms with E-state index in [1.165, 1.54) is 17.6 Å². The van der Waals surface area contributed by atoms with Crippen molar-refractivity contribution in [1.82, 2.24) is 0 Å². The smallest absolute Gasteiger partial charge is 0.0389 e. The summed E-state index contributed by atoms with van der Waals surface area (Å²) in [6.07, 6.45) is 18.2.